The molecule has 2 heteroatoms. The zero-order valence-corrected chi connectivity index (χ0v) is 12.9. The number of hydrogen-bond acceptors (Lipinski definition) is 1. The van der Waals surface area contributed by atoms with Crippen LogP contribution in [0.25, 0.3) is 0 Å². The Balaban J connectivity index is 3.64. The molecule has 0 aromatic carbocycles. The predicted octanol–water partition coefficient (Wildman–Crippen LogP) is 3.76. The fraction of sp³-hybridized carbons (Fsp3) is 0.812. The number of amides is 1. The molecule has 0 heterocycles. The van der Waals surface area contributed by atoms with Crippen LogP contribution in [-0.2, 0) is 4.79 Å². The maximum Gasteiger partial charge on any atom is 0.220 e. The van der Waals surface area contributed by atoms with Crippen LogP contribution in [0.1, 0.15) is 67.2 Å². The van der Waals surface area contributed by atoms with Gasteiger partial charge in [0.2, 0.25) is 5.91 Å². The first-order chi connectivity index (χ1) is 8.10. The number of nitrogens with one attached hydrogen (secondary N) is 1. The van der Waals surface area contributed by atoms with E-state index in [1.165, 1.54) is 6.42 Å². The van der Waals surface area contributed by atoms with Crippen LogP contribution in [0.4, 0.5) is 0 Å². The van der Waals surface area contributed by atoms with Crippen LogP contribution >= 0.6 is 0 Å². The van der Waals surface area contributed by atoms with Gasteiger partial charge in [0.25, 0.3) is 0 Å². The van der Waals surface area contributed by atoms with Gasteiger partial charge in [-0.3, -0.25) is 4.79 Å². The number of unbranched alkanes of at least 4 members (excludes halogenated alkanes) is 1. The molecule has 0 radical (unpaired) electrons. The molecule has 1 N–H and O–H groups in total. The average molecular weight is 251 g/mol. The minimum absolute atomic E-state index is 0.0113. The van der Waals surface area contributed by atoms with Gasteiger partial charge in [-0.2, -0.15) is 0 Å². The highest BCUT2D eigenvalue weighted by molar-refractivity contribution is 5.76. The first-order valence-corrected chi connectivity index (χ1v) is 6.87. The van der Waals surface area contributed by atoms with Crippen molar-refractivity contribution in [2.24, 2.45) is 10.8 Å². The Morgan fingerprint density at radius 2 is 1.67 bits per heavy atom. The van der Waals surface area contributed by atoms with Gasteiger partial charge in [0.1, 0.15) is 0 Å². The van der Waals surface area contributed by atoms with Crippen molar-refractivity contribution in [2.45, 2.75) is 67.2 Å². The third-order valence-electron chi connectivity index (χ3n) is 2.42. The van der Waals surface area contributed by atoms with E-state index in [0.29, 0.717) is 18.4 Å². The van der Waals surface area contributed by atoms with Crippen LogP contribution in [0, 0.1) is 22.7 Å². The summed E-state index contributed by atoms with van der Waals surface area (Å²) in [5.74, 6) is 6.21. The molecule has 0 aliphatic rings. The van der Waals surface area contributed by atoms with Gasteiger partial charge in [0.15, 0.2) is 0 Å². The average Bonchev–Trinajstić information content (AvgIpc) is 2.17. The molecule has 0 aromatic rings. The molecule has 0 bridgehead atoms. The Labute approximate surface area is 113 Å². The van der Waals surface area contributed by atoms with E-state index in [-0.39, 0.29) is 11.3 Å². The highest BCUT2D eigenvalue weighted by atomic mass is 16.1. The van der Waals surface area contributed by atoms with Crippen LogP contribution in [-0.4, -0.2) is 12.5 Å². The summed E-state index contributed by atoms with van der Waals surface area (Å²) in [7, 11) is 0. The quantitative estimate of drug-likeness (QED) is 0.585. The van der Waals surface area contributed by atoms with Gasteiger partial charge in [-0.25, -0.2) is 0 Å². The Bertz CT molecular complexity index is 307. The Kier molecular flexibility index (Phi) is 7.06. The minimum Gasteiger partial charge on any atom is -0.345 e. The van der Waals surface area contributed by atoms with Crippen LogP contribution in [0.15, 0.2) is 0 Å². The van der Waals surface area contributed by atoms with Crippen molar-refractivity contribution < 1.29 is 4.79 Å². The summed E-state index contributed by atoms with van der Waals surface area (Å²) in [6.45, 7) is 13.4. The molecule has 2 nitrogen and oxygen atoms in total. The Hall–Kier alpha value is -0.970. The van der Waals surface area contributed by atoms with Gasteiger partial charge in [0.05, 0.1) is 6.54 Å². The zero-order chi connectivity index (χ0) is 14.2. The van der Waals surface area contributed by atoms with Crippen molar-refractivity contribution in [3.63, 3.8) is 0 Å². The molecule has 0 fully saturated rings. The number of rotatable bonds is 5. The van der Waals surface area contributed by atoms with E-state index in [1.807, 2.05) is 0 Å². The molecule has 0 aliphatic heterocycles. The highest BCUT2D eigenvalue weighted by Gasteiger charge is 2.09. The van der Waals surface area contributed by atoms with Crippen LogP contribution in [0.2, 0.25) is 0 Å². The maximum absolute atomic E-state index is 11.5. The molecule has 0 atom stereocenters. The summed E-state index contributed by atoms with van der Waals surface area (Å²) in [6.07, 6.45) is 3.87. The second-order valence-corrected chi connectivity index (χ2v) is 7.10. The fourth-order valence-electron chi connectivity index (χ4n) is 1.48. The molecular formula is C16H29NO. The van der Waals surface area contributed by atoms with Crippen molar-refractivity contribution in [1.29, 1.82) is 0 Å². The molecule has 18 heavy (non-hydrogen) atoms. The lowest BCUT2D eigenvalue weighted by atomic mass is 9.89. The van der Waals surface area contributed by atoms with Crippen molar-refractivity contribution in [3.8, 4) is 11.8 Å². The van der Waals surface area contributed by atoms with Gasteiger partial charge in [-0.15, -0.1) is 0 Å². The standard InChI is InChI=1S/C16H29NO/c1-15(2,3)11-8-7-10-14(18)17-13-9-12-16(4,5)6/h7-8,10-11,13H2,1-6H3,(H,17,18). The number of carbonyl (C=O) groups is 1. The van der Waals surface area contributed by atoms with Crippen LogP contribution in [0.3, 0.4) is 0 Å². The smallest absolute Gasteiger partial charge is 0.220 e. The normalized spacial score (nSPS) is 11.7. The van der Waals surface area contributed by atoms with Crippen LogP contribution < -0.4 is 5.32 Å². The van der Waals surface area contributed by atoms with Crippen molar-refractivity contribution in [2.75, 3.05) is 6.54 Å². The SMILES string of the molecule is CC(C)(C)C#CCNC(=O)CCCCC(C)(C)C. The summed E-state index contributed by atoms with van der Waals surface area (Å²) < 4.78 is 0. The van der Waals surface area contributed by atoms with Gasteiger partial charge < -0.3 is 5.32 Å². The lowest BCUT2D eigenvalue weighted by Crippen LogP contribution is -2.23. The van der Waals surface area contributed by atoms with Gasteiger partial charge in [-0.05, 0) is 39.0 Å². The van der Waals surface area contributed by atoms with E-state index in [4.69, 9.17) is 0 Å². The Morgan fingerprint density at radius 1 is 1.06 bits per heavy atom. The topological polar surface area (TPSA) is 29.1 Å². The molecule has 0 unspecified atom stereocenters. The predicted molar refractivity (Wildman–Crippen MR) is 78.2 cm³/mol. The highest BCUT2D eigenvalue weighted by Crippen LogP contribution is 2.21. The maximum atomic E-state index is 11.5. The van der Waals surface area contributed by atoms with Crippen molar-refractivity contribution >= 4 is 5.91 Å². The van der Waals surface area contributed by atoms with Crippen molar-refractivity contribution in [1.82, 2.24) is 5.32 Å². The fourth-order valence-corrected chi connectivity index (χ4v) is 1.48. The first kappa shape index (κ1) is 17.0. The lowest BCUT2D eigenvalue weighted by Gasteiger charge is -2.17. The third-order valence-corrected chi connectivity index (χ3v) is 2.42. The summed E-state index contributed by atoms with van der Waals surface area (Å²) in [4.78, 5) is 11.5. The second-order valence-electron chi connectivity index (χ2n) is 7.10. The monoisotopic (exact) mass is 251 g/mol. The van der Waals surface area contributed by atoms with E-state index < -0.39 is 0 Å². The summed E-state index contributed by atoms with van der Waals surface area (Å²) >= 11 is 0. The third kappa shape index (κ3) is 13.1. The molecule has 104 valence electrons. The number of carbonyl (C=O) groups excluding carboxylic acids is 1. The van der Waals surface area contributed by atoms with E-state index in [2.05, 4.69) is 58.7 Å². The summed E-state index contributed by atoms with van der Waals surface area (Å²) in [5.41, 5.74) is 0.381. The second kappa shape index (κ2) is 7.46. The Morgan fingerprint density at radius 3 is 2.17 bits per heavy atom. The molecule has 1 amide bonds. The van der Waals surface area contributed by atoms with E-state index >= 15 is 0 Å². The molecular weight excluding hydrogens is 222 g/mol. The van der Waals surface area contributed by atoms with E-state index in [9.17, 15) is 4.79 Å². The lowest BCUT2D eigenvalue weighted by molar-refractivity contribution is -0.120. The molecule has 0 aromatic heterocycles. The van der Waals surface area contributed by atoms with Gasteiger partial charge >= 0.3 is 0 Å². The zero-order valence-electron chi connectivity index (χ0n) is 12.9. The van der Waals surface area contributed by atoms with E-state index in [1.54, 1.807) is 0 Å². The molecule has 0 aliphatic carbocycles. The van der Waals surface area contributed by atoms with E-state index in [0.717, 1.165) is 12.8 Å². The number of hydrogen-bond donors (Lipinski definition) is 1. The van der Waals surface area contributed by atoms with Crippen LogP contribution in [0.5, 0.6) is 0 Å². The first-order valence-electron chi connectivity index (χ1n) is 6.87. The summed E-state index contributed by atoms with van der Waals surface area (Å²) in [5, 5.41) is 2.84. The largest absolute Gasteiger partial charge is 0.345 e. The van der Waals surface area contributed by atoms with Gasteiger partial charge in [-0.1, -0.05) is 39.0 Å². The van der Waals surface area contributed by atoms with Crippen molar-refractivity contribution in [3.05, 3.63) is 0 Å². The molecule has 0 spiro atoms. The summed E-state index contributed by atoms with van der Waals surface area (Å²) in [6, 6.07) is 0. The molecule has 0 saturated carbocycles. The minimum atomic E-state index is 0.0113. The van der Waals surface area contributed by atoms with Gasteiger partial charge in [0, 0.05) is 11.8 Å². The molecule has 0 rings (SSSR count). The molecule has 0 saturated heterocycles.